The van der Waals surface area contributed by atoms with Gasteiger partial charge in [-0.05, 0) is 30.9 Å². The van der Waals surface area contributed by atoms with Crippen LogP contribution >= 0.6 is 0 Å². The number of nitrogens with two attached hydrogens (primary N) is 1. The highest BCUT2D eigenvalue weighted by molar-refractivity contribution is 5.72. The first-order chi connectivity index (χ1) is 12.7. The molecular formula is C16H15N10. The predicted octanol–water partition coefficient (Wildman–Crippen LogP) is 1.35. The minimum absolute atomic E-state index is 0.441. The molecule has 0 aliphatic heterocycles. The fourth-order valence-electron chi connectivity index (χ4n) is 2.63. The third kappa shape index (κ3) is 2.81. The van der Waals surface area contributed by atoms with E-state index in [1.807, 2.05) is 16.9 Å². The molecule has 0 amide bonds. The SMILES string of the molecule is Nc1ccc(-n2nnc3cnc(Nc4cnn(CC5[CH]C5)c4)nc32)cn1. The van der Waals surface area contributed by atoms with Gasteiger partial charge in [0.2, 0.25) is 5.95 Å². The standard InChI is InChI=1S/C16H15N10/c17-14-4-3-12(6-18-14)26-15-13(23-24-26)7-19-16(22-15)21-11-5-20-25(9-11)8-10-1-2-10/h1,3-7,9-10H,2,8H2,(H2,17,18)(H,19,21,22). The van der Waals surface area contributed by atoms with Gasteiger partial charge in [0.05, 0.1) is 30.0 Å². The summed E-state index contributed by atoms with van der Waals surface area (Å²) in [5.41, 5.74) is 8.36. The third-order valence-corrected chi connectivity index (χ3v) is 4.09. The summed E-state index contributed by atoms with van der Waals surface area (Å²) in [6.07, 6.45) is 10.4. The van der Waals surface area contributed by atoms with E-state index in [1.165, 1.54) is 6.42 Å². The first-order valence-corrected chi connectivity index (χ1v) is 8.18. The number of hydrogen-bond acceptors (Lipinski definition) is 8. The quantitative estimate of drug-likeness (QED) is 0.554. The zero-order chi connectivity index (χ0) is 17.5. The number of nitrogens with zero attached hydrogens (tertiary/aromatic N) is 8. The number of aromatic nitrogens is 8. The third-order valence-electron chi connectivity index (χ3n) is 4.09. The summed E-state index contributed by atoms with van der Waals surface area (Å²) in [4.78, 5) is 12.9. The van der Waals surface area contributed by atoms with Crippen LogP contribution in [0.1, 0.15) is 6.42 Å². The lowest BCUT2D eigenvalue weighted by atomic mass is 10.4. The van der Waals surface area contributed by atoms with Crippen molar-refractivity contribution in [2.24, 2.45) is 5.92 Å². The number of rotatable bonds is 5. The van der Waals surface area contributed by atoms with Gasteiger partial charge >= 0.3 is 0 Å². The van der Waals surface area contributed by atoms with Crippen LogP contribution in [-0.2, 0) is 6.54 Å². The molecule has 1 aliphatic carbocycles. The maximum absolute atomic E-state index is 5.64. The maximum atomic E-state index is 5.64. The highest BCUT2D eigenvalue weighted by Crippen LogP contribution is 2.29. The summed E-state index contributed by atoms with van der Waals surface area (Å²) in [5.74, 6) is 1.53. The van der Waals surface area contributed by atoms with Crippen molar-refractivity contribution in [3.63, 3.8) is 0 Å². The van der Waals surface area contributed by atoms with Crippen LogP contribution in [-0.4, -0.2) is 39.7 Å². The van der Waals surface area contributed by atoms with Gasteiger partial charge in [-0.1, -0.05) is 5.21 Å². The fourth-order valence-corrected chi connectivity index (χ4v) is 2.63. The molecule has 4 heterocycles. The van der Waals surface area contributed by atoms with E-state index >= 15 is 0 Å². The lowest BCUT2D eigenvalue weighted by Gasteiger charge is -2.04. The van der Waals surface area contributed by atoms with Gasteiger partial charge in [0.25, 0.3) is 0 Å². The molecule has 5 rings (SSSR count). The number of anilines is 3. The first-order valence-electron chi connectivity index (χ1n) is 8.18. The molecule has 1 aliphatic rings. The molecule has 1 radical (unpaired) electrons. The average molecular weight is 347 g/mol. The summed E-state index contributed by atoms with van der Waals surface area (Å²) in [6.45, 7) is 0.905. The Balaban J connectivity index is 1.44. The van der Waals surface area contributed by atoms with E-state index in [-0.39, 0.29) is 0 Å². The predicted molar refractivity (Wildman–Crippen MR) is 94.6 cm³/mol. The molecule has 10 heteroatoms. The molecule has 0 aromatic carbocycles. The van der Waals surface area contributed by atoms with Crippen LogP contribution in [0.25, 0.3) is 16.9 Å². The first kappa shape index (κ1) is 14.8. The van der Waals surface area contributed by atoms with Crippen molar-refractivity contribution in [3.8, 4) is 5.69 Å². The Hall–Kier alpha value is -3.56. The minimum atomic E-state index is 0.441. The summed E-state index contributed by atoms with van der Waals surface area (Å²) in [6, 6.07) is 3.51. The van der Waals surface area contributed by atoms with Gasteiger partial charge in [0, 0.05) is 12.7 Å². The fraction of sp³-hybridized carbons (Fsp3) is 0.188. The molecule has 129 valence electrons. The summed E-state index contributed by atoms with van der Waals surface area (Å²) in [7, 11) is 0. The topological polar surface area (TPSA) is 125 Å². The van der Waals surface area contributed by atoms with Gasteiger partial charge in [-0.15, -0.1) is 5.10 Å². The summed E-state index contributed by atoms with van der Waals surface area (Å²) in [5, 5.41) is 15.7. The van der Waals surface area contributed by atoms with Crippen LogP contribution < -0.4 is 11.1 Å². The van der Waals surface area contributed by atoms with Crippen LogP contribution in [0.5, 0.6) is 0 Å². The van der Waals surface area contributed by atoms with E-state index in [2.05, 4.69) is 42.1 Å². The van der Waals surface area contributed by atoms with Gasteiger partial charge < -0.3 is 11.1 Å². The Morgan fingerprint density at radius 2 is 2.12 bits per heavy atom. The lowest BCUT2D eigenvalue weighted by Crippen LogP contribution is -2.02. The normalized spacial score (nSPS) is 14.0. The molecule has 0 saturated heterocycles. The summed E-state index contributed by atoms with van der Waals surface area (Å²) < 4.78 is 3.52. The number of hydrogen-bond donors (Lipinski definition) is 2. The number of fused-ring (bicyclic) bond motifs is 1. The number of nitrogen functional groups attached to an aromatic ring is 1. The van der Waals surface area contributed by atoms with E-state index < -0.39 is 0 Å². The number of nitrogens with one attached hydrogen (secondary N) is 1. The van der Waals surface area contributed by atoms with Crippen molar-refractivity contribution in [3.05, 3.63) is 43.3 Å². The van der Waals surface area contributed by atoms with Crippen LogP contribution in [0.3, 0.4) is 0 Å². The van der Waals surface area contributed by atoms with Gasteiger partial charge in [0.15, 0.2) is 11.2 Å². The molecule has 0 spiro atoms. The van der Waals surface area contributed by atoms with Crippen molar-refractivity contribution in [1.29, 1.82) is 0 Å². The highest BCUT2D eigenvalue weighted by Gasteiger charge is 2.22. The second-order valence-electron chi connectivity index (χ2n) is 6.15. The van der Waals surface area contributed by atoms with Gasteiger partial charge in [-0.3, -0.25) is 4.68 Å². The molecule has 1 saturated carbocycles. The molecular weight excluding hydrogens is 332 g/mol. The van der Waals surface area contributed by atoms with Gasteiger partial charge in [-0.2, -0.15) is 14.8 Å². The molecule has 4 aromatic rings. The molecule has 1 fully saturated rings. The summed E-state index contributed by atoms with van der Waals surface area (Å²) >= 11 is 0. The van der Waals surface area contributed by atoms with Gasteiger partial charge in [0.1, 0.15) is 5.82 Å². The van der Waals surface area contributed by atoms with E-state index in [0.717, 1.165) is 17.9 Å². The molecule has 26 heavy (non-hydrogen) atoms. The zero-order valence-electron chi connectivity index (χ0n) is 13.7. The van der Waals surface area contributed by atoms with E-state index in [0.29, 0.717) is 28.8 Å². The van der Waals surface area contributed by atoms with Crippen LogP contribution in [0, 0.1) is 12.3 Å². The smallest absolute Gasteiger partial charge is 0.229 e. The van der Waals surface area contributed by atoms with Crippen molar-refractivity contribution in [2.75, 3.05) is 11.1 Å². The van der Waals surface area contributed by atoms with Crippen LogP contribution in [0.2, 0.25) is 0 Å². The second-order valence-corrected chi connectivity index (χ2v) is 6.15. The molecule has 1 unspecified atom stereocenters. The molecule has 4 aromatic heterocycles. The van der Waals surface area contributed by atoms with E-state index in [1.54, 1.807) is 29.3 Å². The van der Waals surface area contributed by atoms with E-state index in [4.69, 9.17) is 5.73 Å². The molecule has 3 N–H and O–H groups in total. The molecule has 10 nitrogen and oxygen atoms in total. The van der Waals surface area contributed by atoms with Crippen LogP contribution in [0.15, 0.2) is 36.9 Å². The Labute approximate surface area is 148 Å². The van der Waals surface area contributed by atoms with Crippen molar-refractivity contribution < 1.29 is 0 Å². The van der Waals surface area contributed by atoms with Crippen molar-refractivity contribution in [1.82, 2.24) is 39.7 Å². The second kappa shape index (κ2) is 5.76. The average Bonchev–Trinajstić information content (AvgIpc) is 3.19. The molecule has 0 bridgehead atoms. The maximum Gasteiger partial charge on any atom is 0.229 e. The largest absolute Gasteiger partial charge is 0.384 e. The Kier molecular flexibility index (Phi) is 3.27. The zero-order valence-corrected chi connectivity index (χ0v) is 13.7. The van der Waals surface area contributed by atoms with E-state index in [9.17, 15) is 0 Å². The monoisotopic (exact) mass is 347 g/mol. The van der Waals surface area contributed by atoms with Crippen molar-refractivity contribution >= 4 is 28.6 Å². The highest BCUT2D eigenvalue weighted by atomic mass is 15.4. The van der Waals surface area contributed by atoms with Crippen molar-refractivity contribution in [2.45, 2.75) is 13.0 Å². The lowest BCUT2D eigenvalue weighted by molar-refractivity contribution is 0.574. The Bertz CT molecular complexity index is 1060. The van der Waals surface area contributed by atoms with Gasteiger partial charge in [-0.25, -0.2) is 9.97 Å². The molecule has 1 atom stereocenters. The number of pyridine rings is 1. The minimum Gasteiger partial charge on any atom is -0.384 e. The van der Waals surface area contributed by atoms with Crippen LogP contribution in [0.4, 0.5) is 17.5 Å². The Morgan fingerprint density at radius 3 is 2.92 bits per heavy atom. The Morgan fingerprint density at radius 1 is 1.19 bits per heavy atom.